The molecular formula is C24H38F3N3O5. The van der Waals surface area contributed by atoms with Gasteiger partial charge in [0.2, 0.25) is 6.41 Å². The number of halogens is 3. The topological polar surface area (TPSA) is 93.9 Å². The van der Waals surface area contributed by atoms with E-state index in [9.17, 15) is 22.8 Å². The summed E-state index contributed by atoms with van der Waals surface area (Å²) in [4.78, 5) is 22.3. The van der Waals surface area contributed by atoms with Gasteiger partial charge in [0.05, 0.1) is 19.1 Å². The predicted molar refractivity (Wildman–Crippen MR) is 128 cm³/mol. The molecule has 0 saturated heterocycles. The van der Waals surface area contributed by atoms with Gasteiger partial charge in [-0.15, -0.1) is 0 Å². The van der Waals surface area contributed by atoms with E-state index in [4.69, 9.17) is 9.26 Å². The number of esters is 1. The van der Waals surface area contributed by atoms with Gasteiger partial charge in [-0.1, -0.05) is 39.3 Å². The maximum absolute atomic E-state index is 13.0. The molecule has 11 heteroatoms. The van der Waals surface area contributed by atoms with Crippen molar-refractivity contribution in [3.8, 4) is 5.75 Å². The summed E-state index contributed by atoms with van der Waals surface area (Å²) in [7, 11) is 1.35. The summed E-state index contributed by atoms with van der Waals surface area (Å²) >= 11 is 0. The highest BCUT2D eigenvalue weighted by molar-refractivity contribution is 5.85. The van der Waals surface area contributed by atoms with Crippen LogP contribution in [0.25, 0.3) is 11.0 Å². The number of hydrogen-bond donors (Lipinski definition) is 1. The maximum Gasteiger partial charge on any atom is 0.437 e. The first-order valence-electron chi connectivity index (χ1n) is 11.7. The van der Waals surface area contributed by atoms with Gasteiger partial charge in [0, 0.05) is 32.1 Å². The number of alkyl halides is 3. The maximum atomic E-state index is 13.0. The zero-order chi connectivity index (χ0) is 26.9. The molecule has 0 atom stereocenters. The summed E-state index contributed by atoms with van der Waals surface area (Å²) in [6, 6.07) is 2.86. The number of carbonyl (C=O) groups is 2. The first kappa shape index (κ1) is 32.2. The number of amides is 1. The first-order chi connectivity index (χ1) is 16.7. The van der Waals surface area contributed by atoms with Crippen LogP contribution in [0.15, 0.2) is 16.7 Å². The van der Waals surface area contributed by atoms with Gasteiger partial charge in [-0.2, -0.15) is 13.2 Å². The van der Waals surface area contributed by atoms with Crippen LogP contribution < -0.4 is 10.1 Å². The summed E-state index contributed by atoms with van der Waals surface area (Å²) < 4.78 is 54.0. The lowest BCUT2D eigenvalue weighted by molar-refractivity contribution is -0.141. The second-order valence-corrected chi connectivity index (χ2v) is 7.09. The monoisotopic (exact) mass is 505 g/mol. The largest absolute Gasteiger partial charge is 0.493 e. The van der Waals surface area contributed by atoms with E-state index in [2.05, 4.69) is 15.2 Å². The zero-order valence-electron chi connectivity index (χ0n) is 21.5. The Morgan fingerprint density at radius 2 is 1.89 bits per heavy atom. The number of ether oxygens (including phenoxy) is 2. The molecule has 1 aromatic carbocycles. The Kier molecular flexibility index (Phi) is 16.2. The number of benzene rings is 1. The van der Waals surface area contributed by atoms with Crippen LogP contribution in [0.3, 0.4) is 0 Å². The lowest BCUT2D eigenvalue weighted by Gasteiger charge is -2.18. The Morgan fingerprint density at radius 3 is 2.40 bits per heavy atom. The van der Waals surface area contributed by atoms with Gasteiger partial charge in [0.25, 0.3) is 0 Å². The van der Waals surface area contributed by atoms with Crippen molar-refractivity contribution in [2.45, 2.75) is 60.1 Å². The van der Waals surface area contributed by atoms with Crippen LogP contribution in [0, 0.1) is 0 Å². The molecule has 0 fully saturated rings. The van der Waals surface area contributed by atoms with Crippen molar-refractivity contribution in [2.24, 2.45) is 0 Å². The molecule has 0 aliphatic carbocycles. The van der Waals surface area contributed by atoms with Gasteiger partial charge in [-0.05, 0) is 31.5 Å². The number of nitrogens with zero attached hydrogens (tertiary/aromatic N) is 2. The Morgan fingerprint density at radius 1 is 1.23 bits per heavy atom. The highest BCUT2D eigenvalue weighted by Crippen LogP contribution is 2.38. The molecule has 0 radical (unpaired) electrons. The summed E-state index contributed by atoms with van der Waals surface area (Å²) in [5.74, 6) is 0.245. The van der Waals surface area contributed by atoms with Crippen LogP contribution in [-0.4, -0.2) is 62.3 Å². The molecule has 1 N–H and O–H groups in total. The smallest absolute Gasteiger partial charge is 0.437 e. The Bertz CT molecular complexity index is 872. The third kappa shape index (κ3) is 11.4. The van der Waals surface area contributed by atoms with E-state index in [0.29, 0.717) is 43.9 Å². The quantitative estimate of drug-likeness (QED) is 0.251. The van der Waals surface area contributed by atoms with Gasteiger partial charge in [-0.25, -0.2) is 0 Å². The molecule has 0 aliphatic heterocycles. The standard InChI is InChI=1S/C19H26F3N3O3.C3H6O2.C2H6/c1-3-6-14-16(27-12-5-10-25(13-26)11-9-23-4-2)8-7-15-17(14)28-24-18(15)19(20,21)22;1-3(4)5-2;1-2/h7-8,13,23H,3-6,9-12H2,1-2H3;1-2H3;1-2H3. The van der Waals surface area contributed by atoms with Gasteiger partial charge in [0.15, 0.2) is 11.3 Å². The van der Waals surface area contributed by atoms with Crippen LogP contribution >= 0.6 is 0 Å². The fourth-order valence-electron chi connectivity index (χ4n) is 2.93. The molecular weight excluding hydrogens is 467 g/mol. The van der Waals surface area contributed by atoms with Crippen molar-refractivity contribution in [3.63, 3.8) is 0 Å². The number of rotatable bonds is 12. The molecule has 35 heavy (non-hydrogen) atoms. The molecule has 1 aromatic heterocycles. The zero-order valence-corrected chi connectivity index (χ0v) is 21.5. The van der Waals surface area contributed by atoms with E-state index in [-0.39, 0.29) is 16.9 Å². The summed E-state index contributed by atoms with van der Waals surface area (Å²) in [5, 5.41) is 6.31. The summed E-state index contributed by atoms with van der Waals surface area (Å²) in [5.41, 5.74) is -0.317. The Labute approximate surface area is 205 Å². The second-order valence-electron chi connectivity index (χ2n) is 7.09. The van der Waals surface area contributed by atoms with Gasteiger partial charge >= 0.3 is 12.1 Å². The van der Waals surface area contributed by atoms with Crippen molar-refractivity contribution < 1.29 is 36.8 Å². The minimum Gasteiger partial charge on any atom is -0.493 e. The highest BCUT2D eigenvalue weighted by atomic mass is 19.4. The van der Waals surface area contributed by atoms with Gasteiger partial charge in [-0.3, -0.25) is 9.59 Å². The average Bonchev–Trinajstić information content (AvgIpc) is 3.28. The van der Waals surface area contributed by atoms with Crippen molar-refractivity contribution in [2.75, 3.05) is 39.9 Å². The molecule has 1 heterocycles. The molecule has 0 bridgehead atoms. The molecule has 200 valence electrons. The molecule has 8 nitrogen and oxygen atoms in total. The van der Waals surface area contributed by atoms with Crippen LogP contribution in [-0.2, 0) is 26.9 Å². The Balaban J connectivity index is 0.00000146. The van der Waals surface area contributed by atoms with E-state index in [1.165, 1.54) is 26.2 Å². The molecule has 0 spiro atoms. The first-order valence-corrected chi connectivity index (χ1v) is 11.7. The van der Waals surface area contributed by atoms with E-state index >= 15 is 0 Å². The van der Waals surface area contributed by atoms with Crippen LogP contribution in [0.1, 0.15) is 58.7 Å². The average molecular weight is 506 g/mol. The Hall–Kier alpha value is -2.82. The van der Waals surface area contributed by atoms with Crippen molar-refractivity contribution in [3.05, 3.63) is 23.4 Å². The number of hydrogen-bond acceptors (Lipinski definition) is 7. The number of nitrogens with one attached hydrogen (secondary N) is 1. The predicted octanol–water partition coefficient (Wildman–Crippen LogP) is 4.84. The fraction of sp³-hybridized carbons (Fsp3) is 0.625. The number of aryl methyl sites for hydroxylation is 1. The van der Waals surface area contributed by atoms with E-state index in [1.54, 1.807) is 4.90 Å². The van der Waals surface area contributed by atoms with Gasteiger partial charge in [0.1, 0.15) is 5.75 Å². The second kappa shape index (κ2) is 17.6. The van der Waals surface area contributed by atoms with Crippen molar-refractivity contribution in [1.29, 1.82) is 0 Å². The fourth-order valence-corrected chi connectivity index (χ4v) is 2.93. The minimum absolute atomic E-state index is 0.0566. The molecule has 2 aromatic rings. The molecule has 0 saturated carbocycles. The highest BCUT2D eigenvalue weighted by Gasteiger charge is 2.37. The number of likely N-dealkylation sites (N-methyl/N-ethyl adjacent to an activating group) is 1. The minimum atomic E-state index is -4.57. The summed E-state index contributed by atoms with van der Waals surface area (Å²) in [6.07, 6.45) is -1.91. The molecule has 2 rings (SSSR count). The number of aromatic nitrogens is 1. The lowest BCUT2D eigenvalue weighted by atomic mass is 10.0. The number of fused-ring (bicyclic) bond motifs is 1. The lowest BCUT2D eigenvalue weighted by Crippen LogP contribution is -2.32. The third-order valence-electron chi connectivity index (χ3n) is 4.58. The molecule has 1 amide bonds. The molecule has 0 aliphatic rings. The third-order valence-corrected chi connectivity index (χ3v) is 4.58. The number of methoxy groups -OCH3 is 1. The SMILES string of the molecule is CC.CCCc1c(OCCCN(C=O)CCNCC)ccc2c(C(F)(F)F)noc12.COC(C)=O. The molecule has 0 unspecified atom stereocenters. The van der Waals surface area contributed by atoms with Crippen LogP contribution in [0.5, 0.6) is 5.75 Å². The van der Waals surface area contributed by atoms with E-state index in [0.717, 1.165) is 25.9 Å². The van der Waals surface area contributed by atoms with Gasteiger partial charge < -0.3 is 24.2 Å². The van der Waals surface area contributed by atoms with E-state index < -0.39 is 11.9 Å². The van der Waals surface area contributed by atoms with Crippen LogP contribution in [0.2, 0.25) is 0 Å². The van der Waals surface area contributed by atoms with Crippen LogP contribution in [0.4, 0.5) is 13.2 Å². The summed E-state index contributed by atoms with van der Waals surface area (Å²) in [6.45, 7) is 12.3. The van der Waals surface area contributed by atoms with E-state index in [1.807, 2.05) is 27.7 Å². The van der Waals surface area contributed by atoms with Crippen molar-refractivity contribution >= 4 is 23.3 Å². The number of carbonyl (C=O) groups excluding carboxylic acids is 2. The van der Waals surface area contributed by atoms with Crippen molar-refractivity contribution in [1.82, 2.24) is 15.4 Å². The normalized spacial score (nSPS) is 10.5.